The predicted molar refractivity (Wildman–Crippen MR) is 75.0 cm³/mol. The third kappa shape index (κ3) is 2.54. The molecule has 0 amide bonds. The van der Waals surface area contributed by atoms with Crippen LogP contribution in [0.15, 0.2) is 36.4 Å². The lowest BCUT2D eigenvalue weighted by Crippen LogP contribution is -2.09. The van der Waals surface area contributed by atoms with Crippen LogP contribution in [0.25, 0.3) is 10.8 Å². The maximum absolute atomic E-state index is 6.11. The molecule has 2 rings (SSSR count). The first-order chi connectivity index (χ1) is 7.77. The Bertz CT molecular complexity index is 499. The summed E-state index contributed by atoms with van der Waals surface area (Å²) >= 11 is 0. The fourth-order valence-electron chi connectivity index (χ4n) is 2.02. The summed E-state index contributed by atoms with van der Waals surface area (Å²) in [6.07, 6.45) is 0.941. The van der Waals surface area contributed by atoms with E-state index in [2.05, 4.69) is 25.1 Å². The first kappa shape index (κ1) is 13.8. The molecule has 2 aromatic carbocycles. The van der Waals surface area contributed by atoms with Gasteiger partial charge in [0.15, 0.2) is 0 Å². The molecule has 0 radical (unpaired) electrons. The minimum atomic E-state index is 0. The largest absolute Gasteiger partial charge is 0.496 e. The van der Waals surface area contributed by atoms with Gasteiger partial charge in [0, 0.05) is 11.4 Å². The van der Waals surface area contributed by atoms with Gasteiger partial charge in [-0.05, 0) is 23.4 Å². The second-order valence-corrected chi connectivity index (χ2v) is 3.92. The quantitative estimate of drug-likeness (QED) is 0.903. The van der Waals surface area contributed by atoms with Crippen LogP contribution in [0.3, 0.4) is 0 Å². The predicted octanol–water partition coefficient (Wildman–Crippen LogP) is 3.68. The highest BCUT2D eigenvalue weighted by Crippen LogP contribution is 2.31. The Balaban J connectivity index is 0.00000144. The van der Waals surface area contributed by atoms with E-state index in [-0.39, 0.29) is 18.4 Å². The number of nitrogens with two attached hydrogens (primary N) is 1. The summed E-state index contributed by atoms with van der Waals surface area (Å²) in [7, 11) is 1.70. The summed E-state index contributed by atoms with van der Waals surface area (Å²) < 4.78 is 5.36. The molecular formula is C14H18ClNO. The van der Waals surface area contributed by atoms with Gasteiger partial charge in [0.05, 0.1) is 7.11 Å². The molecule has 0 aliphatic rings. The Hall–Kier alpha value is -1.25. The Kier molecular flexibility index (Phi) is 4.79. The van der Waals surface area contributed by atoms with E-state index in [9.17, 15) is 0 Å². The number of methoxy groups -OCH3 is 1. The summed E-state index contributed by atoms with van der Waals surface area (Å²) in [5.41, 5.74) is 7.30. The minimum absolute atomic E-state index is 0. The van der Waals surface area contributed by atoms with Crippen LogP contribution in [0.5, 0.6) is 5.75 Å². The zero-order chi connectivity index (χ0) is 11.5. The molecule has 0 fully saturated rings. The second kappa shape index (κ2) is 5.89. The normalized spacial score (nSPS) is 11.9. The van der Waals surface area contributed by atoms with Crippen molar-refractivity contribution in [1.29, 1.82) is 0 Å². The number of fused-ring (bicyclic) bond motifs is 1. The van der Waals surface area contributed by atoms with Crippen LogP contribution in [-0.4, -0.2) is 7.11 Å². The van der Waals surface area contributed by atoms with Crippen molar-refractivity contribution in [3.05, 3.63) is 42.0 Å². The van der Waals surface area contributed by atoms with E-state index in [0.717, 1.165) is 17.6 Å². The number of hydrogen-bond donors (Lipinski definition) is 1. The highest BCUT2D eigenvalue weighted by molar-refractivity contribution is 5.91. The maximum atomic E-state index is 6.11. The Morgan fingerprint density at radius 1 is 1.12 bits per heavy atom. The third-order valence-electron chi connectivity index (χ3n) is 2.98. The van der Waals surface area contributed by atoms with Gasteiger partial charge < -0.3 is 10.5 Å². The molecule has 17 heavy (non-hydrogen) atoms. The SMILES string of the molecule is CC[C@H](N)c1ccc(OC)c2ccccc12.Cl. The van der Waals surface area contributed by atoms with E-state index in [1.54, 1.807) is 7.11 Å². The monoisotopic (exact) mass is 251 g/mol. The molecule has 2 N–H and O–H groups in total. The van der Waals surface area contributed by atoms with Crippen LogP contribution in [-0.2, 0) is 0 Å². The van der Waals surface area contributed by atoms with Gasteiger partial charge in [0.2, 0.25) is 0 Å². The molecule has 0 aromatic heterocycles. The first-order valence-electron chi connectivity index (χ1n) is 5.59. The van der Waals surface area contributed by atoms with Gasteiger partial charge in [-0.2, -0.15) is 0 Å². The van der Waals surface area contributed by atoms with Crippen molar-refractivity contribution in [2.45, 2.75) is 19.4 Å². The zero-order valence-corrected chi connectivity index (χ0v) is 11.0. The molecule has 1 atom stereocenters. The van der Waals surface area contributed by atoms with Gasteiger partial charge >= 0.3 is 0 Å². The molecule has 2 aromatic rings. The van der Waals surface area contributed by atoms with Crippen LogP contribution in [0.2, 0.25) is 0 Å². The lowest BCUT2D eigenvalue weighted by atomic mass is 9.97. The van der Waals surface area contributed by atoms with Gasteiger partial charge in [-0.25, -0.2) is 0 Å². The Morgan fingerprint density at radius 3 is 2.35 bits per heavy atom. The van der Waals surface area contributed by atoms with Gasteiger partial charge in [0.1, 0.15) is 5.75 Å². The molecule has 0 heterocycles. The fourth-order valence-corrected chi connectivity index (χ4v) is 2.02. The van der Waals surface area contributed by atoms with Gasteiger partial charge in [-0.1, -0.05) is 37.3 Å². The molecule has 0 saturated carbocycles. The summed E-state index contributed by atoms with van der Waals surface area (Å²) in [4.78, 5) is 0. The number of ether oxygens (including phenoxy) is 1. The molecule has 0 bridgehead atoms. The van der Waals surface area contributed by atoms with E-state index >= 15 is 0 Å². The molecular weight excluding hydrogens is 234 g/mol. The van der Waals surface area contributed by atoms with Crippen molar-refractivity contribution in [2.24, 2.45) is 5.73 Å². The highest BCUT2D eigenvalue weighted by atomic mass is 35.5. The summed E-state index contributed by atoms with van der Waals surface area (Å²) in [6, 6.07) is 12.4. The first-order valence-corrected chi connectivity index (χ1v) is 5.59. The number of hydrogen-bond acceptors (Lipinski definition) is 2. The van der Waals surface area contributed by atoms with Gasteiger partial charge in [0.25, 0.3) is 0 Å². The van der Waals surface area contributed by atoms with Crippen LogP contribution >= 0.6 is 12.4 Å². The van der Waals surface area contributed by atoms with Crippen molar-refractivity contribution in [3.8, 4) is 5.75 Å². The van der Waals surface area contributed by atoms with E-state index in [4.69, 9.17) is 10.5 Å². The van der Waals surface area contributed by atoms with E-state index in [1.807, 2.05) is 18.2 Å². The van der Waals surface area contributed by atoms with Crippen LogP contribution < -0.4 is 10.5 Å². The molecule has 0 spiro atoms. The molecule has 2 nitrogen and oxygen atoms in total. The third-order valence-corrected chi connectivity index (χ3v) is 2.98. The van der Waals surface area contributed by atoms with Crippen molar-refractivity contribution >= 4 is 23.2 Å². The molecule has 0 unspecified atom stereocenters. The fraction of sp³-hybridized carbons (Fsp3) is 0.286. The number of benzene rings is 2. The van der Waals surface area contributed by atoms with E-state index in [0.29, 0.717) is 0 Å². The lowest BCUT2D eigenvalue weighted by Gasteiger charge is -2.14. The smallest absolute Gasteiger partial charge is 0.126 e. The highest BCUT2D eigenvalue weighted by Gasteiger charge is 2.10. The lowest BCUT2D eigenvalue weighted by molar-refractivity contribution is 0.419. The average Bonchev–Trinajstić information content (AvgIpc) is 2.36. The van der Waals surface area contributed by atoms with E-state index < -0.39 is 0 Å². The average molecular weight is 252 g/mol. The van der Waals surface area contributed by atoms with Crippen molar-refractivity contribution in [3.63, 3.8) is 0 Å². The van der Waals surface area contributed by atoms with Crippen LogP contribution in [0.4, 0.5) is 0 Å². The summed E-state index contributed by atoms with van der Waals surface area (Å²) in [5.74, 6) is 0.905. The van der Waals surface area contributed by atoms with Crippen LogP contribution in [0, 0.1) is 0 Å². The molecule has 3 heteroatoms. The standard InChI is InChI=1S/C14H17NO.ClH/c1-3-13(15)11-8-9-14(16-2)12-7-5-4-6-10(11)12;/h4-9,13H,3,15H2,1-2H3;1H/t13-;/m0./s1. The number of halogens is 1. The number of rotatable bonds is 3. The topological polar surface area (TPSA) is 35.2 Å². The van der Waals surface area contributed by atoms with Crippen molar-refractivity contribution in [2.75, 3.05) is 7.11 Å². The van der Waals surface area contributed by atoms with Crippen LogP contribution in [0.1, 0.15) is 24.9 Å². The van der Waals surface area contributed by atoms with Gasteiger partial charge in [-0.3, -0.25) is 0 Å². The molecule has 92 valence electrons. The minimum Gasteiger partial charge on any atom is -0.496 e. The molecule has 0 saturated heterocycles. The summed E-state index contributed by atoms with van der Waals surface area (Å²) in [6.45, 7) is 2.10. The van der Waals surface area contributed by atoms with Crippen molar-refractivity contribution < 1.29 is 4.74 Å². The maximum Gasteiger partial charge on any atom is 0.126 e. The Morgan fingerprint density at radius 2 is 1.76 bits per heavy atom. The zero-order valence-electron chi connectivity index (χ0n) is 10.1. The summed E-state index contributed by atoms with van der Waals surface area (Å²) in [5, 5.41) is 2.32. The molecule has 0 aliphatic carbocycles. The van der Waals surface area contributed by atoms with Gasteiger partial charge in [-0.15, -0.1) is 12.4 Å². The van der Waals surface area contributed by atoms with Crippen molar-refractivity contribution in [1.82, 2.24) is 0 Å². The molecule has 0 aliphatic heterocycles. The second-order valence-electron chi connectivity index (χ2n) is 3.92. The Labute approximate surface area is 108 Å². The van der Waals surface area contributed by atoms with E-state index in [1.165, 1.54) is 10.9 Å².